The van der Waals surface area contributed by atoms with Gasteiger partial charge in [0.25, 0.3) is 0 Å². The van der Waals surface area contributed by atoms with Gasteiger partial charge in [0.15, 0.2) is 0 Å². The number of hydrogen-bond donors (Lipinski definition) is 1. The van der Waals surface area contributed by atoms with Crippen LogP contribution in [0.3, 0.4) is 0 Å². The van der Waals surface area contributed by atoms with E-state index < -0.39 is 0 Å². The van der Waals surface area contributed by atoms with Crippen molar-refractivity contribution < 1.29 is 14.2 Å². The summed E-state index contributed by atoms with van der Waals surface area (Å²) in [7, 11) is 1.84. The van der Waals surface area contributed by atoms with Crippen LogP contribution in [-0.4, -0.2) is 56.6 Å². The zero-order chi connectivity index (χ0) is 15.5. The molecule has 0 saturated carbocycles. The number of pyridine rings is 1. The SMILES string of the molecule is CN(CCO)c1ncc(N2CCOCC2)c2c(F)cccc12. The molecule has 0 amide bonds. The fourth-order valence-corrected chi connectivity index (χ4v) is 2.83. The van der Waals surface area contributed by atoms with E-state index in [9.17, 15) is 4.39 Å². The van der Waals surface area contributed by atoms with E-state index in [1.54, 1.807) is 12.3 Å². The number of aliphatic hydroxyl groups excluding tert-OH is 1. The number of rotatable bonds is 4. The molecule has 118 valence electrons. The monoisotopic (exact) mass is 305 g/mol. The molecule has 1 aromatic heterocycles. The van der Waals surface area contributed by atoms with E-state index in [0.717, 1.165) is 24.2 Å². The first-order chi connectivity index (χ1) is 10.7. The number of anilines is 2. The normalized spacial score (nSPS) is 15.3. The Kier molecular flexibility index (Phi) is 4.40. The third-order valence-corrected chi connectivity index (χ3v) is 3.97. The summed E-state index contributed by atoms with van der Waals surface area (Å²) in [6.45, 7) is 3.23. The Morgan fingerprint density at radius 1 is 1.36 bits per heavy atom. The van der Waals surface area contributed by atoms with Crippen LogP contribution in [0.15, 0.2) is 24.4 Å². The molecule has 1 N–H and O–H groups in total. The maximum absolute atomic E-state index is 14.5. The lowest BCUT2D eigenvalue weighted by Gasteiger charge is -2.30. The Morgan fingerprint density at radius 2 is 2.14 bits per heavy atom. The van der Waals surface area contributed by atoms with E-state index in [1.807, 2.05) is 18.0 Å². The van der Waals surface area contributed by atoms with E-state index in [4.69, 9.17) is 9.84 Å². The van der Waals surface area contributed by atoms with Gasteiger partial charge in [0, 0.05) is 37.5 Å². The van der Waals surface area contributed by atoms with Gasteiger partial charge in [-0.3, -0.25) is 0 Å². The molecule has 2 heterocycles. The first kappa shape index (κ1) is 15.0. The van der Waals surface area contributed by atoms with Crippen LogP contribution in [0, 0.1) is 5.82 Å². The highest BCUT2D eigenvalue weighted by Crippen LogP contribution is 2.34. The minimum Gasteiger partial charge on any atom is -0.395 e. The molecule has 1 fully saturated rings. The molecule has 6 heteroatoms. The van der Waals surface area contributed by atoms with Crippen LogP contribution < -0.4 is 9.80 Å². The van der Waals surface area contributed by atoms with Crippen molar-refractivity contribution in [3.63, 3.8) is 0 Å². The van der Waals surface area contributed by atoms with Gasteiger partial charge >= 0.3 is 0 Å². The van der Waals surface area contributed by atoms with Gasteiger partial charge < -0.3 is 19.6 Å². The highest BCUT2D eigenvalue weighted by Gasteiger charge is 2.19. The number of fused-ring (bicyclic) bond motifs is 1. The van der Waals surface area contributed by atoms with Crippen LogP contribution in [-0.2, 0) is 4.74 Å². The molecule has 0 spiro atoms. The van der Waals surface area contributed by atoms with Crippen molar-refractivity contribution in [3.8, 4) is 0 Å². The van der Waals surface area contributed by atoms with E-state index in [2.05, 4.69) is 9.88 Å². The molecule has 2 aromatic rings. The van der Waals surface area contributed by atoms with Crippen LogP contribution in [0.4, 0.5) is 15.9 Å². The zero-order valence-corrected chi connectivity index (χ0v) is 12.6. The molecule has 1 saturated heterocycles. The number of halogens is 1. The molecule has 1 aliphatic rings. The molecule has 1 aliphatic heterocycles. The average molecular weight is 305 g/mol. The number of ether oxygens (including phenoxy) is 1. The number of benzene rings is 1. The smallest absolute Gasteiger partial charge is 0.136 e. The van der Waals surface area contributed by atoms with Crippen LogP contribution in [0.1, 0.15) is 0 Å². The van der Waals surface area contributed by atoms with E-state index >= 15 is 0 Å². The first-order valence-corrected chi connectivity index (χ1v) is 7.44. The van der Waals surface area contributed by atoms with Crippen LogP contribution >= 0.6 is 0 Å². The molecule has 0 radical (unpaired) electrons. The number of aromatic nitrogens is 1. The number of hydrogen-bond acceptors (Lipinski definition) is 5. The number of aliphatic hydroxyl groups is 1. The molecule has 0 unspecified atom stereocenters. The lowest BCUT2D eigenvalue weighted by Crippen LogP contribution is -2.36. The fourth-order valence-electron chi connectivity index (χ4n) is 2.83. The molecule has 0 atom stereocenters. The maximum Gasteiger partial charge on any atom is 0.136 e. The zero-order valence-electron chi connectivity index (χ0n) is 12.6. The van der Waals surface area contributed by atoms with Crippen LogP contribution in [0.25, 0.3) is 10.8 Å². The Hall–Kier alpha value is -1.92. The average Bonchev–Trinajstić information content (AvgIpc) is 2.55. The second-order valence-corrected chi connectivity index (χ2v) is 5.37. The van der Waals surface area contributed by atoms with Gasteiger partial charge in [-0.05, 0) is 6.07 Å². The predicted octanol–water partition coefficient (Wildman–Crippen LogP) is 1.64. The third kappa shape index (κ3) is 2.71. The summed E-state index contributed by atoms with van der Waals surface area (Å²) in [6.07, 6.45) is 1.72. The molecule has 1 aromatic carbocycles. The Bertz CT molecular complexity index is 659. The van der Waals surface area contributed by atoms with Crippen LogP contribution in [0.5, 0.6) is 0 Å². The van der Waals surface area contributed by atoms with Crippen molar-refractivity contribution in [1.82, 2.24) is 4.98 Å². The van der Waals surface area contributed by atoms with Crippen molar-refractivity contribution in [2.75, 3.05) is 56.3 Å². The van der Waals surface area contributed by atoms with Crippen molar-refractivity contribution in [2.45, 2.75) is 0 Å². The van der Waals surface area contributed by atoms with Gasteiger partial charge in [-0.25, -0.2) is 9.37 Å². The molecular formula is C16H20FN3O2. The molecule has 3 rings (SSSR count). The molecule has 5 nitrogen and oxygen atoms in total. The summed E-state index contributed by atoms with van der Waals surface area (Å²) in [5, 5.41) is 10.5. The quantitative estimate of drug-likeness (QED) is 0.930. The summed E-state index contributed by atoms with van der Waals surface area (Å²) in [5.74, 6) is 0.431. The Balaban J connectivity index is 2.13. The summed E-state index contributed by atoms with van der Waals surface area (Å²) >= 11 is 0. The van der Waals surface area contributed by atoms with Gasteiger partial charge in [-0.15, -0.1) is 0 Å². The van der Waals surface area contributed by atoms with E-state index in [-0.39, 0.29) is 12.4 Å². The first-order valence-electron chi connectivity index (χ1n) is 7.44. The van der Waals surface area contributed by atoms with E-state index in [1.165, 1.54) is 6.07 Å². The van der Waals surface area contributed by atoms with Gasteiger partial charge in [-0.2, -0.15) is 0 Å². The van der Waals surface area contributed by atoms with Crippen molar-refractivity contribution >= 4 is 22.3 Å². The highest BCUT2D eigenvalue weighted by molar-refractivity contribution is 6.00. The largest absolute Gasteiger partial charge is 0.395 e. The van der Waals surface area contributed by atoms with Crippen molar-refractivity contribution in [2.24, 2.45) is 0 Å². The van der Waals surface area contributed by atoms with Gasteiger partial charge in [0.05, 0.1) is 31.7 Å². The maximum atomic E-state index is 14.5. The number of nitrogens with zero attached hydrogens (tertiary/aromatic N) is 3. The lowest BCUT2D eigenvalue weighted by molar-refractivity contribution is 0.123. The summed E-state index contributed by atoms with van der Waals surface area (Å²) in [4.78, 5) is 8.45. The summed E-state index contributed by atoms with van der Waals surface area (Å²) in [6, 6.07) is 5.04. The summed E-state index contributed by atoms with van der Waals surface area (Å²) in [5.41, 5.74) is 0.803. The van der Waals surface area contributed by atoms with Gasteiger partial charge in [-0.1, -0.05) is 12.1 Å². The second kappa shape index (κ2) is 6.46. The lowest BCUT2D eigenvalue weighted by atomic mass is 10.1. The number of likely N-dealkylation sites (N-methyl/N-ethyl adjacent to an activating group) is 1. The predicted molar refractivity (Wildman–Crippen MR) is 85.1 cm³/mol. The summed E-state index contributed by atoms with van der Waals surface area (Å²) < 4.78 is 19.8. The standard InChI is InChI=1S/C16H20FN3O2/c1-19(5-8-21)16-12-3-2-4-13(17)15(12)14(11-18-16)20-6-9-22-10-7-20/h2-4,11,21H,5-10H2,1H3. The van der Waals surface area contributed by atoms with E-state index in [0.29, 0.717) is 31.0 Å². The van der Waals surface area contributed by atoms with Crippen molar-refractivity contribution in [1.29, 1.82) is 0 Å². The molecule has 0 aliphatic carbocycles. The topological polar surface area (TPSA) is 48.8 Å². The van der Waals surface area contributed by atoms with Gasteiger partial charge in [0.2, 0.25) is 0 Å². The second-order valence-electron chi connectivity index (χ2n) is 5.37. The molecule has 0 bridgehead atoms. The van der Waals surface area contributed by atoms with Crippen molar-refractivity contribution in [3.05, 3.63) is 30.2 Å². The molecular weight excluding hydrogens is 285 g/mol. The fraction of sp³-hybridized carbons (Fsp3) is 0.438. The minimum atomic E-state index is -0.250. The minimum absolute atomic E-state index is 0.0280. The highest BCUT2D eigenvalue weighted by atomic mass is 19.1. The number of morpholine rings is 1. The van der Waals surface area contributed by atoms with Crippen LogP contribution in [0.2, 0.25) is 0 Å². The third-order valence-electron chi connectivity index (χ3n) is 3.97. The Labute approximate surface area is 128 Å². The van der Waals surface area contributed by atoms with Gasteiger partial charge in [0.1, 0.15) is 11.6 Å². The Morgan fingerprint density at radius 3 is 2.86 bits per heavy atom. The molecule has 22 heavy (non-hydrogen) atoms.